The maximum Gasteiger partial charge on any atom is 0.604 e. The van der Waals surface area contributed by atoms with Gasteiger partial charge in [0.2, 0.25) is 0 Å². The molecule has 0 saturated carbocycles. The first kappa shape index (κ1) is 13.8. The Morgan fingerprint density at radius 1 is 1.42 bits per heavy atom. The molecule has 0 unspecified atom stereocenters. The van der Waals surface area contributed by atoms with E-state index in [0.29, 0.717) is 19.0 Å². The molecule has 2 rings (SSSR count). The maximum atomic E-state index is 11.4. The number of nitrogens with zero attached hydrogens (tertiary/aromatic N) is 2. The zero-order valence-electron chi connectivity index (χ0n) is 11.3. The summed E-state index contributed by atoms with van der Waals surface area (Å²) in [5, 5.41) is 9.33. The van der Waals surface area contributed by atoms with Gasteiger partial charge in [-0.3, -0.25) is 4.81 Å². The summed E-state index contributed by atoms with van der Waals surface area (Å²) in [6, 6.07) is 5.17. The third kappa shape index (κ3) is 3.24. The van der Waals surface area contributed by atoms with Gasteiger partial charge >= 0.3 is 13.3 Å². The minimum Gasteiger partial charge on any atom is -0.465 e. The summed E-state index contributed by atoms with van der Waals surface area (Å²) in [6.45, 7) is 6.67. The van der Waals surface area contributed by atoms with E-state index in [0.717, 1.165) is 10.5 Å². The second-order valence-electron chi connectivity index (χ2n) is 5.38. The standard InChI is InChI=1S/C12H17BN2O4/c1-9-5-4-6-10(14-9)15(11(16)17)13-18-7-12(2,3)8-19-13/h4-6H,7-8H2,1-3H3,(H,16,17). The lowest BCUT2D eigenvalue weighted by Crippen LogP contribution is -2.54. The van der Waals surface area contributed by atoms with Crippen LogP contribution in [0.4, 0.5) is 10.6 Å². The summed E-state index contributed by atoms with van der Waals surface area (Å²) >= 11 is 0. The summed E-state index contributed by atoms with van der Waals surface area (Å²) < 4.78 is 11.0. The van der Waals surface area contributed by atoms with Gasteiger partial charge in [0.15, 0.2) is 0 Å². The van der Waals surface area contributed by atoms with Crippen molar-refractivity contribution < 1.29 is 19.2 Å². The number of hydrogen-bond acceptors (Lipinski definition) is 4. The van der Waals surface area contributed by atoms with Gasteiger partial charge in [0.25, 0.3) is 0 Å². The molecular formula is C12H17BN2O4. The Labute approximate surface area is 112 Å². The minimum absolute atomic E-state index is 0.110. The second kappa shape index (κ2) is 5.18. The Balaban J connectivity index is 2.20. The normalized spacial score (nSPS) is 18.2. The van der Waals surface area contributed by atoms with E-state index in [1.807, 2.05) is 13.8 Å². The summed E-state index contributed by atoms with van der Waals surface area (Å²) in [6.07, 6.45) is -1.15. The molecule has 19 heavy (non-hydrogen) atoms. The van der Waals surface area contributed by atoms with Gasteiger partial charge in [0.05, 0.1) is 0 Å². The van der Waals surface area contributed by atoms with E-state index in [9.17, 15) is 9.90 Å². The van der Waals surface area contributed by atoms with Gasteiger partial charge < -0.3 is 14.4 Å². The average molecular weight is 264 g/mol. The van der Waals surface area contributed by atoms with Crippen molar-refractivity contribution in [1.29, 1.82) is 0 Å². The molecular weight excluding hydrogens is 247 g/mol. The van der Waals surface area contributed by atoms with E-state index in [4.69, 9.17) is 9.31 Å². The van der Waals surface area contributed by atoms with Crippen LogP contribution in [0.1, 0.15) is 19.5 Å². The Bertz CT molecular complexity index is 471. The maximum absolute atomic E-state index is 11.4. The van der Waals surface area contributed by atoms with E-state index >= 15 is 0 Å². The fourth-order valence-electron chi connectivity index (χ4n) is 1.79. The number of amides is 1. The fraction of sp³-hybridized carbons (Fsp3) is 0.500. The van der Waals surface area contributed by atoms with Crippen LogP contribution in [-0.2, 0) is 9.31 Å². The largest absolute Gasteiger partial charge is 0.604 e. The predicted octanol–water partition coefficient (Wildman–Crippen LogP) is 1.93. The molecule has 1 aromatic heterocycles. The van der Waals surface area contributed by atoms with Crippen molar-refractivity contribution in [3.8, 4) is 0 Å². The average Bonchev–Trinajstić information content (AvgIpc) is 2.31. The molecule has 0 aliphatic carbocycles. The molecule has 2 heterocycles. The summed E-state index contributed by atoms with van der Waals surface area (Å²) in [7, 11) is -0.945. The van der Waals surface area contributed by atoms with Gasteiger partial charge in [0, 0.05) is 24.3 Å². The first-order chi connectivity index (χ1) is 8.89. The van der Waals surface area contributed by atoms with Gasteiger partial charge in [0.1, 0.15) is 5.82 Å². The number of rotatable bonds is 2. The highest BCUT2D eigenvalue weighted by atomic mass is 16.6. The highest BCUT2D eigenvalue weighted by molar-refractivity contribution is 6.55. The Hall–Kier alpha value is -1.60. The number of aryl methyl sites for hydroxylation is 1. The predicted molar refractivity (Wildman–Crippen MR) is 70.9 cm³/mol. The Morgan fingerprint density at radius 2 is 2.05 bits per heavy atom. The highest BCUT2D eigenvalue weighted by Crippen LogP contribution is 2.24. The van der Waals surface area contributed by atoms with Crippen LogP contribution in [0.2, 0.25) is 0 Å². The quantitative estimate of drug-likeness (QED) is 0.826. The van der Waals surface area contributed by atoms with Crippen molar-refractivity contribution in [2.24, 2.45) is 5.41 Å². The molecule has 0 spiro atoms. The van der Waals surface area contributed by atoms with E-state index in [1.165, 1.54) is 0 Å². The van der Waals surface area contributed by atoms with Gasteiger partial charge in [-0.05, 0) is 19.1 Å². The van der Waals surface area contributed by atoms with Crippen molar-refractivity contribution in [1.82, 2.24) is 4.98 Å². The van der Waals surface area contributed by atoms with E-state index < -0.39 is 13.3 Å². The van der Waals surface area contributed by atoms with Crippen molar-refractivity contribution >= 4 is 19.2 Å². The number of hydrogen-bond donors (Lipinski definition) is 1. The summed E-state index contributed by atoms with van der Waals surface area (Å²) in [4.78, 5) is 16.6. The van der Waals surface area contributed by atoms with Crippen LogP contribution < -0.4 is 4.81 Å². The molecule has 0 bridgehead atoms. The third-order valence-electron chi connectivity index (χ3n) is 2.77. The van der Waals surface area contributed by atoms with Gasteiger partial charge in [-0.15, -0.1) is 0 Å². The number of pyridine rings is 1. The van der Waals surface area contributed by atoms with Crippen molar-refractivity contribution in [3.63, 3.8) is 0 Å². The molecule has 1 aliphatic rings. The van der Waals surface area contributed by atoms with Crippen LogP contribution in [-0.4, -0.2) is 36.7 Å². The minimum atomic E-state index is -1.15. The summed E-state index contributed by atoms with van der Waals surface area (Å²) in [5.74, 6) is 0.303. The molecule has 7 heteroatoms. The molecule has 1 fully saturated rings. The molecule has 1 aliphatic heterocycles. The van der Waals surface area contributed by atoms with Crippen molar-refractivity contribution in [3.05, 3.63) is 23.9 Å². The SMILES string of the molecule is Cc1cccc(N(B2OCC(C)(C)CO2)C(=O)O)n1. The number of anilines is 1. The zero-order valence-corrected chi connectivity index (χ0v) is 11.3. The smallest absolute Gasteiger partial charge is 0.465 e. The fourth-order valence-corrected chi connectivity index (χ4v) is 1.79. The van der Waals surface area contributed by atoms with Crippen LogP contribution >= 0.6 is 0 Å². The second-order valence-corrected chi connectivity index (χ2v) is 5.38. The van der Waals surface area contributed by atoms with Crippen molar-refractivity contribution in [2.45, 2.75) is 20.8 Å². The molecule has 1 saturated heterocycles. The summed E-state index contributed by atoms with van der Waals surface area (Å²) in [5.41, 5.74) is 0.626. The first-order valence-corrected chi connectivity index (χ1v) is 6.08. The Kier molecular flexibility index (Phi) is 3.77. The van der Waals surface area contributed by atoms with Crippen LogP contribution in [0.5, 0.6) is 0 Å². The molecule has 1 N–H and O–H groups in total. The van der Waals surface area contributed by atoms with E-state index in [-0.39, 0.29) is 5.41 Å². The van der Waals surface area contributed by atoms with Crippen LogP contribution in [0.15, 0.2) is 18.2 Å². The monoisotopic (exact) mass is 264 g/mol. The highest BCUT2D eigenvalue weighted by Gasteiger charge is 2.41. The molecule has 1 aromatic rings. The van der Waals surface area contributed by atoms with Gasteiger partial charge in [-0.25, -0.2) is 9.78 Å². The molecule has 0 atom stereocenters. The molecule has 6 nitrogen and oxygen atoms in total. The molecule has 0 aromatic carbocycles. The number of carboxylic acid groups (broad SMARTS) is 1. The number of aromatic nitrogens is 1. The Morgan fingerprint density at radius 3 is 2.58 bits per heavy atom. The topological polar surface area (TPSA) is 71.9 Å². The van der Waals surface area contributed by atoms with E-state index in [2.05, 4.69) is 4.98 Å². The van der Waals surface area contributed by atoms with Crippen LogP contribution in [0.25, 0.3) is 0 Å². The lowest BCUT2D eigenvalue weighted by atomic mass is 9.90. The lowest BCUT2D eigenvalue weighted by Gasteiger charge is -2.35. The lowest BCUT2D eigenvalue weighted by molar-refractivity contribution is 0.0274. The number of carbonyl (C=O) groups is 1. The molecule has 102 valence electrons. The van der Waals surface area contributed by atoms with E-state index in [1.54, 1.807) is 25.1 Å². The van der Waals surface area contributed by atoms with Crippen molar-refractivity contribution in [2.75, 3.05) is 18.0 Å². The zero-order chi connectivity index (χ0) is 14.0. The van der Waals surface area contributed by atoms with Crippen LogP contribution in [0, 0.1) is 12.3 Å². The third-order valence-corrected chi connectivity index (χ3v) is 2.77. The first-order valence-electron chi connectivity index (χ1n) is 6.08. The molecule has 0 radical (unpaired) electrons. The van der Waals surface area contributed by atoms with Crippen LogP contribution in [0.3, 0.4) is 0 Å². The molecule has 1 amide bonds. The van der Waals surface area contributed by atoms with Gasteiger partial charge in [-0.1, -0.05) is 19.9 Å². The van der Waals surface area contributed by atoms with Gasteiger partial charge in [-0.2, -0.15) is 0 Å².